The maximum Gasteiger partial charge on any atom is 0.472 e. The predicted molar refractivity (Wildman–Crippen MR) is 386 cm³/mol. The minimum atomic E-state index is -4.96. The van der Waals surface area contributed by atoms with E-state index in [1.54, 1.807) is 0 Å². The molecule has 0 fully saturated rings. The van der Waals surface area contributed by atoms with Gasteiger partial charge in [-0.15, -0.1) is 0 Å². The quantitative estimate of drug-likeness (QED) is 0.0222. The van der Waals surface area contributed by atoms with Gasteiger partial charge in [-0.2, -0.15) is 0 Å². The molecule has 17 nitrogen and oxygen atoms in total. The minimum absolute atomic E-state index is 0.107. The Kier molecular flexibility index (Phi) is 66.5. The molecule has 564 valence electrons. The average molecular weight is 1400 g/mol. The van der Waals surface area contributed by atoms with Crippen molar-refractivity contribution in [2.75, 3.05) is 39.6 Å². The Balaban J connectivity index is 5.15. The first-order valence-electron chi connectivity index (χ1n) is 39.5. The number of hydrogen-bond acceptors (Lipinski definition) is 15. The van der Waals surface area contributed by atoms with Gasteiger partial charge in [0.2, 0.25) is 0 Å². The first-order valence-corrected chi connectivity index (χ1v) is 42.5. The van der Waals surface area contributed by atoms with E-state index in [1.807, 2.05) is 0 Å². The Morgan fingerprint density at radius 3 is 0.800 bits per heavy atom. The number of carbonyl (C=O) groups excluding carboxylic acids is 4. The fraction of sp³-hybridized carbons (Fsp3) is 0.947. The molecule has 6 atom stereocenters. The van der Waals surface area contributed by atoms with Crippen LogP contribution in [0.2, 0.25) is 0 Å². The van der Waals surface area contributed by atoms with Gasteiger partial charge in [0.1, 0.15) is 19.3 Å². The third kappa shape index (κ3) is 69.0. The number of aliphatic hydroxyl groups is 1. The Hall–Kier alpha value is -1.94. The maximum absolute atomic E-state index is 13.1. The molecule has 0 aromatic rings. The van der Waals surface area contributed by atoms with E-state index in [0.29, 0.717) is 25.7 Å². The van der Waals surface area contributed by atoms with Crippen LogP contribution in [-0.4, -0.2) is 96.7 Å². The van der Waals surface area contributed by atoms with Crippen LogP contribution in [-0.2, 0) is 65.4 Å². The second-order valence-corrected chi connectivity index (χ2v) is 31.0. The highest BCUT2D eigenvalue weighted by Crippen LogP contribution is 2.45. The largest absolute Gasteiger partial charge is 0.472 e. The Labute approximate surface area is 581 Å². The van der Waals surface area contributed by atoms with Crippen LogP contribution in [0, 0.1) is 11.8 Å². The Bertz CT molecular complexity index is 1840. The van der Waals surface area contributed by atoms with E-state index in [1.165, 1.54) is 199 Å². The number of carbonyl (C=O) groups is 4. The second kappa shape index (κ2) is 67.9. The lowest BCUT2D eigenvalue weighted by Gasteiger charge is -2.21. The zero-order valence-corrected chi connectivity index (χ0v) is 63.8. The van der Waals surface area contributed by atoms with Gasteiger partial charge in [0.25, 0.3) is 0 Å². The lowest BCUT2D eigenvalue weighted by Crippen LogP contribution is -2.30. The van der Waals surface area contributed by atoms with Gasteiger partial charge >= 0.3 is 39.5 Å². The van der Waals surface area contributed by atoms with E-state index in [0.717, 1.165) is 115 Å². The summed E-state index contributed by atoms with van der Waals surface area (Å²) in [7, 11) is -9.90. The lowest BCUT2D eigenvalue weighted by molar-refractivity contribution is -0.161. The van der Waals surface area contributed by atoms with Gasteiger partial charge in [0, 0.05) is 25.7 Å². The number of ether oxygens (including phenoxy) is 4. The highest BCUT2D eigenvalue weighted by atomic mass is 31.2. The van der Waals surface area contributed by atoms with Crippen LogP contribution in [0.15, 0.2) is 0 Å². The monoisotopic (exact) mass is 1400 g/mol. The molecule has 0 aliphatic carbocycles. The van der Waals surface area contributed by atoms with Gasteiger partial charge in [0.05, 0.1) is 26.4 Å². The Morgan fingerprint density at radius 2 is 0.537 bits per heavy atom. The van der Waals surface area contributed by atoms with E-state index in [-0.39, 0.29) is 25.7 Å². The summed E-state index contributed by atoms with van der Waals surface area (Å²) in [5, 5.41) is 10.6. The van der Waals surface area contributed by atoms with E-state index in [4.69, 9.17) is 37.0 Å². The van der Waals surface area contributed by atoms with Crippen LogP contribution < -0.4 is 0 Å². The van der Waals surface area contributed by atoms with Gasteiger partial charge in [-0.3, -0.25) is 37.3 Å². The maximum atomic E-state index is 13.1. The smallest absolute Gasteiger partial charge is 0.462 e. The van der Waals surface area contributed by atoms with Gasteiger partial charge in [-0.25, -0.2) is 9.13 Å². The molecule has 0 spiro atoms. The van der Waals surface area contributed by atoms with Crippen LogP contribution >= 0.6 is 15.6 Å². The van der Waals surface area contributed by atoms with Crippen molar-refractivity contribution in [3.8, 4) is 0 Å². The molecule has 0 amide bonds. The average Bonchev–Trinajstić information content (AvgIpc) is 2.07. The number of phosphoric acid groups is 2. The van der Waals surface area contributed by atoms with Gasteiger partial charge < -0.3 is 33.8 Å². The van der Waals surface area contributed by atoms with Crippen molar-refractivity contribution in [3.63, 3.8) is 0 Å². The van der Waals surface area contributed by atoms with Crippen molar-refractivity contribution in [2.45, 2.75) is 413 Å². The lowest BCUT2D eigenvalue weighted by atomic mass is 9.99. The molecule has 0 radical (unpaired) electrons. The normalized spacial score (nSPS) is 14.3. The molecule has 0 aliphatic heterocycles. The summed E-state index contributed by atoms with van der Waals surface area (Å²) in [4.78, 5) is 72.6. The molecule has 3 N–H and O–H groups in total. The standard InChI is InChI=1S/C76H148O17P2/c1-7-10-12-14-16-17-18-30-36-42-48-54-60-75(80)92-71(64-86-73(78)58-52-46-38-15-13-11-8-2)66-90-94(82,83)88-62-70(77)63-89-95(84,85)91-67-72(65-87-74(79)59-53-47-41-35-32-27-28-33-39-44-50-56-68(4)5)93-76(81)61-55-49-43-37-31-26-24-22-20-19-21-23-25-29-34-40-45-51-57-69(6)9-3/h68-72,77H,7-67H2,1-6H3,(H,82,83)(H,84,85)/t69?,70-,71+,72+/m0/s1. The zero-order chi connectivity index (χ0) is 70.0. The van der Waals surface area contributed by atoms with Crippen molar-refractivity contribution < 1.29 is 80.2 Å². The molecule has 0 aromatic heterocycles. The molecule has 19 heteroatoms. The summed E-state index contributed by atoms with van der Waals surface area (Å²) in [6.45, 7) is 9.62. The molecule has 0 rings (SSSR count). The third-order valence-corrected chi connectivity index (χ3v) is 20.0. The molecule has 0 aliphatic rings. The van der Waals surface area contributed by atoms with Crippen molar-refractivity contribution in [1.82, 2.24) is 0 Å². The minimum Gasteiger partial charge on any atom is -0.462 e. The van der Waals surface area contributed by atoms with E-state index >= 15 is 0 Å². The number of unbranched alkanes of at least 4 members (excludes halogenated alkanes) is 44. The van der Waals surface area contributed by atoms with Crippen molar-refractivity contribution in [2.24, 2.45) is 11.8 Å². The van der Waals surface area contributed by atoms with Crippen molar-refractivity contribution in [1.29, 1.82) is 0 Å². The number of phosphoric ester groups is 2. The molecule has 95 heavy (non-hydrogen) atoms. The highest BCUT2D eigenvalue weighted by Gasteiger charge is 2.30. The van der Waals surface area contributed by atoms with Crippen LogP contribution in [0.4, 0.5) is 0 Å². The molecule has 0 bridgehead atoms. The fourth-order valence-corrected chi connectivity index (χ4v) is 13.2. The van der Waals surface area contributed by atoms with Crippen LogP contribution in [0.5, 0.6) is 0 Å². The van der Waals surface area contributed by atoms with Crippen LogP contribution in [0.1, 0.15) is 395 Å². The zero-order valence-electron chi connectivity index (χ0n) is 62.0. The topological polar surface area (TPSA) is 237 Å². The number of rotatable bonds is 75. The van der Waals surface area contributed by atoms with Gasteiger partial charge in [0.15, 0.2) is 12.2 Å². The SMILES string of the molecule is CCCCCCCCCCCCCCC(=O)O[C@H](COC(=O)CCCCCCCCC)COP(=O)(O)OC[C@H](O)COP(=O)(O)OC[C@@H](COC(=O)CCCCCCCCCCCCCC(C)C)OC(=O)CCCCCCCCCCCCCCCCCCCCC(C)CC. The number of esters is 4. The summed E-state index contributed by atoms with van der Waals surface area (Å²) in [6, 6.07) is 0. The first-order chi connectivity index (χ1) is 45.9. The molecule has 3 unspecified atom stereocenters. The van der Waals surface area contributed by atoms with Gasteiger partial charge in [-0.05, 0) is 37.5 Å². The number of hydrogen-bond donors (Lipinski definition) is 3. The summed E-state index contributed by atoms with van der Waals surface area (Å²) >= 11 is 0. The van der Waals surface area contributed by atoms with Crippen molar-refractivity contribution >= 4 is 39.5 Å². The van der Waals surface area contributed by atoms with E-state index < -0.39 is 97.5 Å². The predicted octanol–water partition coefficient (Wildman–Crippen LogP) is 22.3. The molecule has 0 saturated heterocycles. The van der Waals surface area contributed by atoms with Crippen LogP contribution in [0.3, 0.4) is 0 Å². The van der Waals surface area contributed by atoms with Crippen LogP contribution in [0.25, 0.3) is 0 Å². The fourth-order valence-electron chi connectivity index (χ4n) is 11.6. The summed E-state index contributed by atoms with van der Waals surface area (Å²) in [6.07, 6.45) is 55.6. The molecule has 0 saturated carbocycles. The summed E-state index contributed by atoms with van der Waals surface area (Å²) in [5.74, 6) is -0.478. The molecular formula is C76H148O17P2. The highest BCUT2D eigenvalue weighted by molar-refractivity contribution is 7.47. The molecular weight excluding hydrogens is 1250 g/mol. The number of aliphatic hydroxyl groups excluding tert-OH is 1. The Morgan fingerprint density at radius 1 is 0.305 bits per heavy atom. The third-order valence-electron chi connectivity index (χ3n) is 18.1. The summed E-state index contributed by atoms with van der Waals surface area (Å²) in [5.41, 5.74) is 0. The van der Waals surface area contributed by atoms with E-state index in [2.05, 4.69) is 41.5 Å². The van der Waals surface area contributed by atoms with E-state index in [9.17, 15) is 43.2 Å². The first kappa shape index (κ1) is 93.1. The summed E-state index contributed by atoms with van der Waals surface area (Å²) < 4.78 is 68.4. The second-order valence-electron chi connectivity index (χ2n) is 28.1. The van der Waals surface area contributed by atoms with Gasteiger partial charge in [-0.1, -0.05) is 343 Å². The van der Waals surface area contributed by atoms with Crippen molar-refractivity contribution in [3.05, 3.63) is 0 Å². The molecule has 0 aromatic carbocycles. The molecule has 0 heterocycles.